The number of carbonyl (C=O) groups is 1. The Bertz CT molecular complexity index is 694. The highest BCUT2D eigenvalue weighted by Crippen LogP contribution is 2.25. The Kier molecular flexibility index (Phi) is 6.46. The van der Waals surface area contributed by atoms with Crippen molar-refractivity contribution in [3.63, 3.8) is 0 Å². The molecule has 4 nitrogen and oxygen atoms in total. The lowest BCUT2D eigenvalue weighted by molar-refractivity contribution is -0.121. The number of rotatable bonds is 6. The summed E-state index contributed by atoms with van der Waals surface area (Å²) < 4.78 is 5.41. The maximum Gasteiger partial charge on any atom is 0.225 e. The zero-order valence-electron chi connectivity index (χ0n) is 13.9. The molecule has 128 valence electrons. The van der Waals surface area contributed by atoms with E-state index in [0.29, 0.717) is 17.2 Å². The quantitative estimate of drug-likeness (QED) is 0.764. The Hall–Kier alpha value is -1.78. The predicted molar refractivity (Wildman–Crippen MR) is 96.9 cm³/mol. The summed E-state index contributed by atoms with van der Waals surface area (Å²) in [6, 6.07) is 9.21. The van der Waals surface area contributed by atoms with Crippen molar-refractivity contribution in [1.29, 1.82) is 0 Å². The summed E-state index contributed by atoms with van der Waals surface area (Å²) in [6.45, 7) is 6.28. The number of nitrogens with zero attached hydrogens (tertiary/aromatic N) is 1. The number of hydrogen-bond acceptors (Lipinski definition) is 3. The van der Waals surface area contributed by atoms with Gasteiger partial charge in [0.05, 0.1) is 19.1 Å². The van der Waals surface area contributed by atoms with Crippen molar-refractivity contribution in [2.75, 3.05) is 6.61 Å². The highest BCUT2D eigenvalue weighted by Gasteiger charge is 2.15. The molecule has 0 saturated carbocycles. The van der Waals surface area contributed by atoms with Crippen molar-refractivity contribution in [3.8, 4) is 5.75 Å². The van der Waals surface area contributed by atoms with Gasteiger partial charge in [-0.1, -0.05) is 35.3 Å². The van der Waals surface area contributed by atoms with Crippen LogP contribution in [-0.2, 0) is 11.2 Å². The lowest BCUT2D eigenvalue weighted by atomic mass is 10.1. The third kappa shape index (κ3) is 4.86. The van der Waals surface area contributed by atoms with Crippen LogP contribution in [0.4, 0.5) is 0 Å². The average molecular weight is 367 g/mol. The van der Waals surface area contributed by atoms with Crippen molar-refractivity contribution in [1.82, 2.24) is 10.3 Å². The molecule has 0 bridgehead atoms. The molecule has 1 amide bonds. The molecule has 1 unspecified atom stereocenters. The van der Waals surface area contributed by atoms with E-state index >= 15 is 0 Å². The highest BCUT2D eigenvalue weighted by atomic mass is 35.5. The standard InChI is InChI=1S/C18H20Cl2N2O2/c1-4-24-14-7-5-13(6-8-14)12(3)22-17(23)10-15-16(19)9-11(2)21-18(15)20/h5-9,12H,4,10H2,1-3H3,(H,22,23). The smallest absolute Gasteiger partial charge is 0.225 e. The van der Waals surface area contributed by atoms with E-state index in [1.165, 1.54) is 0 Å². The molecule has 1 heterocycles. The van der Waals surface area contributed by atoms with Gasteiger partial charge in [-0.15, -0.1) is 0 Å². The lowest BCUT2D eigenvalue weighted by Gasteiger charge is -2.16. The van der Waals surface area contributed by atoms with E-state index in [2.05, 4.69) is 10.3 Å². The third-order valence-corrected chi connectivity index (χ3v) is 4.20. The third-order valence-electron chi connectivity index (χ3n) is 3.55. The number of hydrogen-bond donors (Lipinski definition) is 1. The van der Waals surface area contributed by atoms with Gasteiger partial charge in [-0.25, -0.2) is 4.98 Å². The van der Waals surface area contributed by atoms with E-state index in [4.69, 9.17) is 27.9 Å². The first kappa shape index (κ1) is 18.6. The van der Waals surface area contributed by atoms with Crippen LogP contribution < -0.4 is 10.1 Å². The number of aryl methyl sites for hydroxylation is 1. The summed E-state index contributed by atoms with van der Waals surface area (Å²) in [4.78, 5) is 16.4. The molecule has 1 aromatic carbocycles. The fourth-order valence-electron chi connectivity index (χ4n) is 2.34. The van der Waals surface area contributed by atoms with Crippen LogP contribution in [0.5, 0.6) is 5.75 Å². The van der Waals surface area contributed by atoms with Gasteiger partial charge in [0.2, 0.25) is 5.91 Å². The molecule has 1 atom stereocenters. The summed E-state index contributed by atoms with van der Waals surface area (Å²) in [5.74, 6) is 0.648. The summed E-state index contributed by atoms with van der Waals surface area (Å²) >= 11 is 12.3. The van der Waals surface area contributed by atoms with E-state index < -0.39 is 0 Å². The van der Waals surface area contributed by atoms with Crippen LogP contribution in [0.2, 0.25) is 10.2 Å². The molecular formula is C18H20Cl2N2O2. The fraction of sp³-hybridized carbons (Fsp3) is 0.333. The lowest BCUT2D eigenvalue weighted by Crippen LogP contribution is -2.28. The van der Waals surface area contributed by atoms with Crippen molar-refractivity contribution >= 4 is 29.1 Å². The first-order valence-corrected chi connectivity index (χ1v) is 8.50. The Balaban J connectivity index is 2.01. The minimum absolute atomic E-state index is 0.0896. The number of halogens is 2. The second-order valence-corrected chi connectivity index (χ2v) is 6.25. The molecule has 1 N–H and O–H groups in total. The molecule has 2 aromatic rings. The summed E-state index contributed by atoms with van der Waals surface area (Å²) in [7, 11) is 0. The Morgan fingerprint density at radius 1 is 1.29 bits per heavy atom. The maximum atomic E-state index is 12.3. The number of aromatic nitrogens is 1. The average Bonchev–Trinajstić information content (AvgIpc) is 2.52. The number of pyridine rings is 1. The van der Waals surface area contributed by atoms with Gasteiger partial charge < -0.3 is 10.1 Å². The van der Waals surface area contributed by atoms with Gasteiger partial charge in [0, 0.05) is 16.3 Å². The SMILES string of the molecule is CCOc1ccc(C(C)NC(=O)Cc2c(Cl)cc(C)nc2Cl)cc1. The van der Waals surface area contributed by atoms with E-state index in [1.807, 2.05) is 38.1 Å². The Morgan fingerprint density at radius 3 is 2.54 bits per heavy atom. The van der Waals surface area contributed by atoms with Crippen LogP contribution in [0.3, 0.4) is 0 Å². The van der Waals surface area contributed by atoms with Gasteiger partial charge in [0.25, 0.3) is 0 Å². The molecule has 0 fully saturated rings. The van der Waals surface area contributed by atoms with Crippen molar-refractivity contribution in [2.24, 2.45) is 0 Å². The van der Waals surface area contributed by atoms with Gasteiger partial charge in [-0.05, 0) is 44.5 Å². The topological polar surface area (TPSA) is 51.2 Å². The summed E-state index contributed by atoms with van der Waals surface area (Å²) in [6.07, 6.45) is 0.0896. The minimum atomic E-state index is -0.161. The Morgan fingerprint density at radius 2 is 1.96 bits per heavy atom. The van der Waals surface area contributed by atoms with Crippen LogP contribution >= 0.6 is 23.2 Å². The molecule has 0 radical (unpaired) electrons. The first-order valence-electron chi connectivity index (χ1n) is 7.74. The maximum absolute atomic E-state index is 12.3. The summed E-state index contributed by atoms with van der Waals surface area (Å²) in [5, 5.41) is 3.66. The molecule has 0 saturated heterocycles. The van der Waals surface area contributed by atoms with Crippen LogP contribution in [0.1, 0.15) is 36.7 Å². The second-order valence-electron chi connectivity index (χ2n) is 5.48. The molecule has 6 heteroatoms. The monoisotopic (exact) mass is 366 g/mol. The normalized spacial score (nSPS) is 11.9. The first-order chi connectivity index (χ1) is 11.4. The number of ether oxygens (including phenoxy) is 1. The van der Waals surface area contributed by atoms with Gasteiger partial charge >= 0.3 is 0 Å². The van der Waals surface area contributed by atoms with Crippen molar-refractivity contribution < 1.29 is 9.53 Å². The zero-order chi connectivity index (χ0) is 17.7. The molecule has 2 rings (SSSR count). The van der Waals surface area contributed by atoms with Crippen LogP contribution in [0, 0.1) is 6.92 Å². The van der Waals surface area contributed by atoms with E-state index in [9.17, 15) is 4.79 Å². The van der Waals surface area contributed by atoms with Gasteiger partial charge in [-0.3, -0.25) is 4.79 Å². The van der Waals surface area contributed by atoms with E-state index in [1.54, 1.807) is 13.0 Å². The second kappa shape index (κ2) is 8.36. The molecular weight excluding hydrogens is 347 g/mol. The van der Waals surface area contributed by atoms with Crippen LogP contribution in [0.25, 0.3) is 0 Å². The number of benzene rings is 1. The molecule has 0 aliphatic carbocycles. The van der Waals surface area contributed by atoms with Crippen molar-refractivity contribution in [3.05, 3.63) is 57.3 Å². The van der Waals surface area contributed by atoms with Gasteiger partial charge in [0.1, 0.15) is 10.9 Å². The number of carbonyl (C=O) groups excluding carboxylic acids is 1. The van der Waals surface area contributed by atoms with Gasteiger partial charge in [0.15, 0.2) is 0 Å². The summed E-state index contributed by atoms with van der Waals surface area (Å²) in [5.41, 5.74) is 2.25. The number of nitrogens with one attached hydrogen (secondary N) is 1. The molecule has 0 spiro atoms. The minimum Gasteiger partial charge on any atom is -0.494 e. The largest absolute Gasteiger partial charge is 0.494 e. The molecule has 0 aliphatic rings. The van der Waals surface area contributed by atoms with Crippen molar-refractivity contribution in [2.45, 2.75) is 33.2 Å². The van der Waals surface area contributed by atoms with Crippen LogP contribution in [0.15, 0.2) is 30.3 Å². The number of amides is 1. The van der Waals surface area contributed by atoms with Crippen LogP contribution in [-0.4, -0.2) is 17.5 Å². The van der Waals surface area contributed by atoms with E-state index in [0.717, 1.165) is 17.0 Å². The molecule has 1 aromatic heterocycles. The highest BCUT2D eigenvalue weighted by molar-refractivity contribution is 6.35. The Labute approximate surface area is 152 Å². The molecule has 24 heavy (non-hydrogen) atoms. The van der Waals surface area contributed by atoms with Gasteiger partial charge in [-0.2, -0.15) is 0 Å². The van der Waals surface area contributed by atoms with E-state index in [-0.39, 0.29) is 23.5 Å². The fourth-order valence-corrected chi connectivity index (χ4v) is 3.00. The zero-order valence-corrected chi connectivity index (χ0v) is 15.4. The predicted octanol–water partition coefficient (Wildman–Crippen LogP) is 4.52. The molecule has 0 aliphatic heterocycles.